The van der Waals surface area contributed by atoms with E-state index in [0.29, 0.717) is 23.8 Å². The minimum absolute atomic E-state index is 0.349. The van der Waals surface area contributed by atoms with Crippen molar-refractivity contribution < 1.29 is 4.79 Å². The predicted molar refractivity (Wildman–Crippen MR) is 106 cm³/mol. The summed E-state index contributed by atoms with van der Waals surface area (Å²) in [4.78, 5) is 17.6. The van der Waals surface area contributed by atoms with E-state index in [-0.39, 0.29) is 0 Å². The molecule has 0 bridgehead atoms. The Labute approximate surface area is 163 Å². The maximum atomic E-state index is 12.8. The summed E-state index contributed by atoms with van der Waals surface area (Å²) in [7, 11) is 0. The predicted octanol–water partition coefficient (Wildman–Crippen LogP) is 3.95. The zero-order valence-electron chi connectivity index (χ0n) is 16.3. The summed E-state index contributed by atoms with van der Waals surface area (Å²) in [5.74, 6) is 1.48. The highest BCUT2D eigenvalue weighted by atomic mass is 16.2. The Kier molecular flexibility index (Phi) is 5.78. The number of likely N-dealkylation sites (tertiary alicyclic amines) is 2. The summed E-state index contributed by atoms with van der Waals surface area (Å²) in [5.41, 5.74) is 2.01. The van der Waals surface area contributed by atoms with Gasteiger partial charge in [-0.25, -0.2) is 0 Å². The number of benzene rings is 1. The van der Waals surface area contributed by atoms with E-state index in [1.165, 1.54) is 44.1 Å². The van der Waals surface area contributed by atoms with Crippen molar-refractivity contribution in [2.75, 3.05) is 19.6 Å². The minimum atomic E-state index is 0.349. The molecule has 0 N–H and O–H groups in total. The summed E-state index contributed by atoms with van der Waals surface area (Å²) in [6.45, 7) is 4.19. The quantitative estimate of drug-likeness (QED) is 0.812. The monoisotopic (exact) mass is 365 g/mol. The second kappa shape index (κ2) is 8.44. The Morgan fingerprint density at radius 3 is 2.37 bits per heavy atom. The topological polar surface area (TPSA) is 47.3 Å². The van der Waals surface area contributed by atoms with E-state index in [1.54, 1.807) is 0 Å². The molecule has 27 heavy (non-hydrogen) atoms. The number of hydrogen-bond acceptors (Lipinski definition) is 3. The van der Waals surface area contributed by atoms with Gasteiger partial charge in [-0.1, -0.05) is 25.0 Å². The summed E-state index contributed by atoms with van der Waals surface area (Å²) < 4.78 is 0. The molecule has 1 aliphatic carbocycles. The van der Waals surface area contributed by atoms with Gasteiger partial charge in [0.05, 0.1) is 11.6 Å². The average Bonchev–Trinajstić information content (AvgIpc) is 3.56. The number of carbonyl (C=O) groups is 1. The van der Waals surface area contributed by atoms with Gasteiger partial charge in [0.1, 0.15) is 0 Å². The van der Waals surface area contributed by atoms with Gasteiger partial charge < -0.3 is 4.90 Å². The van der Waals surface area contributed by atoms with Crippen LogP contribution in [0.15, 0.2) is 24.3 Å². The zero-order valence-corrected chi connectivity index (χ0v) is 16.3. The van der Waals surface area contributed by atoms with Gasteiger partial charge in [0.15, 0.2) is 0 Å². The molecule has 1 aromatic carbocycles. The lowest BCUT2D eigenvalue weighted by molar-refractivity contribution is -0.136. The van der Waals surface area contributed by atoms with Crippen molar-refractivity contribution in [1.82, 2.24) is 9.80 Å². The average molecular weight is 366 g/mol. The van der Waals surface area contributed by atoms with Gasteiger partial charge >= 0.3 is 0 Å². The Morgan fingerprint density at radius 2 is 1.70 bits per heavy atom. The normalized spacial score (nSPS) is 25.0. The highest BCUT2D eigenvalue weighted by molar-refractivity contribution is 5.81. The lowest BCUT2D eigenvalue weighted by Crippen LogP contribution is -2.48. The summed E-state index contributed by atoms with van der Waals surface area (Å²) in [6, 6.07) is 10.6. The maximum absolute atomic E-state index is 12.8. The third-order valence-electron chi connectivity index (χ3n) is 6.67. The molecule has 1 saturated carbocycles. The Bertz CT molecular complexity index is 681. The van der Waals surface area contributed by atoms with Gasteiger partial charge in [0.2, 0.25) is 5.91 Å². The summed E-state index contributed by atoms with van der Waals surface area (Å²) in [6.07, 6.45) is 9.60. The van der Waals surface area contributed by atoms with Gasteiger partial charge in [-0.3, -0.25) is 9.69 Å². The van der Waals surface area contributed by atoms with Crippen LogP contribution in [0.3, 0.4) is 0 Å². The molecule has 0 unspecified atom stereocenters. The highest BCUT2D eigenvalue weighted by Crippen LogP contribution is 2.36. The first-order valence-electron chi connectivity index (χ1n) is 10.8. The van der Waals surface area contributed by atoms with Crippen molar-refractivity contribution in [3.63, 3.8) is 0 Å². The smallest absolute Gasteiger partial charge is 0.225 e. The fraction of sp³-hybridized carbons (Fsp3) is 0.652. The molecular weight excluding hydrogens is 334 g/mol. The Hall–Kier alpha value is -1.86. The van der Waals surface area contributed by atoms with Crippen LogP contribution in [0.5, 0.6) is 0 Å². The van der Waals surface area contributed by atoms with E-state index in [9.17, 15) is 4.79 Å². The number of nitriles is 1. The molecule has 3 fully saturated rings. The van der Waals surface area contributed by atoms with Crippen LogP contribution >= 0.6 is 0 Å². The van der Waals surface area contributed by atoms with E-state index >= 15 is 0 Å². The van der Waals surface area contributed by atoms with E-state index in [4.69, 9.17) is 5.26 Å². The first-order chi connectivity index (χ1) is 13.2. The molecule has 2 aliphatic heterocycles. The van der Waals surface area contributed by atoms with Gasteiger partial charge in [-0.15, -0.1) is 0 Å². The van der Waals surface area contributed by atoms with Crippen LogP contribution in [0.25, 0.3) is 0 Å². The number of amides is 1. The molecule has 144 valence electrons. The fourth-order valence-electron chi connectivity index (χ4n) is 4.90. The number of rotatable bonds is 4. The van der Waals surface area contributed by atoms with Crippen LogP contribution in [-0.2, 0) is 11.3 Å². The fourth-order valence-corrected chi connectivity index (χ4v) is 4.90. The lowest BCUT2D eigenvalue weighted by Gasteiger charge is -2.41. The Balaban J connectivity index is 1.34. The zero-order chi connectivity index (χ0) is 18.6. The highest BCUT2D eigenvalue weighted by Gasteiger charge is 2.39. The summed E-state index contributed by atoms with van der Waals surface area (Å²) >= 11 is 0. The van der Waals surface area contributed by atoms with E-state index in [2.05, 4.69) is 28.0 Å². The maximum Gasteiger partial charge on any atom is 0.225 e. The summed E-state index contributed by atoms with van der Waals surface area (Å²) in [5, 5.41) is 8.93. The second-order valence-electron chi connectivity index (χ2n) is 8.64. The van der Waals surface area contributed by atoms with E-state index in [1.807, 2.05) is 12.1 Å². The number of carbonyl (C=O) groups excluding carboxylic acids is 1. The van der Waals surface area contributed by atoms with Crippen LogP contribution in [0.4, 0.5) is 0 Å². The van der Waals surface area contributed by atoms with Gasteiger partial charge in [-0.05, 0) is 75.2 Å². The van der Waals surface area contributed by atoms with Crippen molar-refractivity contribution in [3.05, 3.63) is 35.4 Å². The van der Waals surface area contributed by atoms with E-state index < -0.39 is 0 Å². The molecular formula is C23H31N3O. The third kappa shape index (κ3) is 4.52. The van der Waals surface area contributed by atoms with Crippen LogP contribution in [0, 0.1) is 23.2 Å². The van der Waals surface area contributed by atoms with Gasteiger partial charge in [-0.2, -0.15) is 5.26 Å². The molecule has 1 aromatic rings. The molecule has 3 aliphatic rings. The number of nitrogens with zero attached hydrogens (tertiary/aromatic N) is 3. The first-order valence-corrected chi connectivity index (χ1v) is 10.8. The van der Waals surface area contributed by atoms with Crippen LogP contribution in [0.1, 0.15) is 62.5 Å². The second-order valence-corrected chi connectivity index (χ2v) is 8.64. The molecule has 4 rings (SSSR count). The first kappa shape index (κ1) is 18.5. The number of piperidine rings is 1. The number of hydrogen-bond donors (Lipinski definition) is 0. The van der Waals surface area contributed by atoms with Gasteiger partial charge in [0.25, 0.3) is 0 Å². The molecule has 0 radical (unpaired) electrons. The molecule has 1 amide bonds. The molecule has 4 heteroatoms. The molecule has 2 heterocycles. The lowest BCUT2D eigenvalue weighted by atomic mass is 9.85. The van der Waals surface area contributed by atoms with Crippen molar-refractivity contribution in [2.45, 2.75) is 64.0 Å². The standard InChI is InChI=1S/C23H31N3O/c24-16-18-5-7-19(8-6-18)17-25-14-11-20(12-15-25)22-4-2-1-3-13-26(22)23(27)21-9-10-21/h5-8,20-22H,1-4,9-15,17H2/t22-/m0/s1. The van der Waals surface area contributed by atoms with Crippen molar-refractivity contribution in [1.29, 1.82) is 5.26 Å². The van der Waals surface area contributed by atoms with Crippen molar-refractivity contribution in [3.8, 4) is 6.07 Å². The van der Waals surface area contributed by atoms with Crippen molar-refractivity contribution in [2.24, 2.45) is 11.8 Å². The minimum Gasteiger partial charge on any atom is -0.339 e. The van der Waals surface area contributed by atoms with Crippen molar-refractivity contribution >= 4 is 5.91 Å². The molecule has 0 spiro atoms. The van der Waals surface area contributed by atoms with Crippen LogP contribution < -0.4 is 0 Å². The molecule has 0 aromatic heterocycles. The molecule has 1 atom stereocenters. The molecule has 2 saturated heterocycles. The Morgan fingerprint density at radius 1 is 0.963 bits per heavy atom. The molecule has 4 nitrogen and oxygen atoms in total. The van der Waals surface area contributed by atoms with Gasteiger partial charge in [0, 0.05) is 25.0 Å². The largest absolute Gasteiger partial charge is 0.339 e. The van der Waals surface area contributed by atoms with Crippen LogP contribution in [0.2, 0.25) is 0 Å². The SMILES string of the molecule is N#Cc1ccc(CN2CCC([C@@H]3CCCCCN3C(=O)C3CC3)CC2)cc1. The van der Waals surface area contributed by atoms with Crippen LogP contribution in [-0.4, -0.2) is 41.4 Å². The third-order valence-corrected chi connectivity index (χ3v) is 6.67. The van der Waals surface area contributed by atoms with E-state index in [0.717, 1.165) is 44.6 Å².